The van der Waals surface area contributed by atoms with Gasteiger partial charge in [-0.05, 0) is 36.6 Å². The van der Waals surface area contributed by atoms with Crippen LogP contribution in [0, 0.1) is 5.41 Å². The summed E-state index contributed by atoms with van der Waals surface area (Å²) < 4.78 is 0. The average molecular weight is 288 g/mol. The van der Waals surface area contributed by atoms with Crippen molar-refractivity contribution in [1.82, 2.24) is 4.90 Å². The first-order valence-corrected chi connectivity index (χ1v) is 7.03. The van der Waals surface area contributed by atoms with E-state index in [1.54, 1.807) is 23.1 Å². The van der Waals surface area contributed by atoms with Gasteiger partial charge < -0.3 is 15.7 Å². The first-order valence-electron chi connectivity index (χ1n) is 7.03. The topological polar surface area (TPSA) is 83.6 Å². The number of carbonyl (C=O) groups is 2. The summed E-state index contributed by atoms with van der Waals surface area (Å²) in [6.45, 7) is 2.61. The number of hydrogen-bond acceptors (Lipinski definition) is 3. The largest absolute Gasteiger partial charge is 0.481 e. The van der Waals surface area contributed by atoms with E-state index in [0.717, 1.165) is 5.56 Å². The van der Waals surface area contributed by atoms with E-state index in [1.807, 2.05) is 19.1 Å². The lowest BCUT2D eigenvalue weighted by Crippen LogP contribution is -2.35. The van der Waals surface area contributed by atoms with Gasteiger partial charge in [-0.2, -0.15) is 0 Å². The van der Waals surface area contributed by atoms with Crippen LogP contribution in [0.3, 0.4) is 0 Å². The Bertz CT molecular complexity index is 583. The predicted octanol–water partition coefficient (Wildman–Crippen LogP) is 2.00. The van der Waals surface area contributed by atoms with Crippen LogP contribution in [0.25, 0.3) is 6.08 Å². The maximum Gasteiger partial charge on any atom is 0.311 e. The van der Waals surface area contributed by atoms with Gasteiger partial charge in [0, 0.05) is 24.9 Å². The third kappa shape index (κ3) is 3.24. The molecule has 1 aliphatic rings. The Labute approximate surface area is 124 Å². The maximum atomic E-state index is 12.1. The van der Waals surface area contributed by atoms with E-state index in [0.29, 0.717) is 25.1 Å². The molecule has 0 spiro atoms. The minimum absolute atomic E-state index is 0.158. The Morgan fingerprint density at radius 2 is 2.24 bits per heavy atom. The number of nitrogen functional groups attached to an aromatic ring is 1. The Morgan fingerprint density at radius 1 is 1.48 bits per heavy atom. The summed E-state index contributed by atoms with van der Waals surface area (Å²) in [5.41, 5.74) is 6.38. The summed E-state index contributed by atoms with van der Waals surface area (Å²) in [6, 6.07) is 7.24. The molecule has 5 nitrogen and oxygen atoms in total. The van der Waals surface area contributed by atoms with Crippen LogP contribution in [0.15, 0.2) is 30.3 Å². The van der Waals surface area contributed by atoms with Crippen LogP contribution in [0.1, 0.15) is 25.3 Å². The number of likely N-dealkylation sites (tertiary alicyclic amines) is 1. The van der Waals surface area contributed by atoms with Crippen LogP contribution in [-0.2, 0) is 9.59 Å². The predicted molar refractivity (Wildman–Crippen MR) is 81.4 cm³/mol. The van der Waals surface area contributed by atoms with Gasteiger partial charge in [-0.15, -0.1) is 0 Å². The molecular weight excluding hydrogens is 268 g/mol. The number of carbonyl (C=O) groups excluding carboxylic acids is 1. The second-order valence-corrected chi connectivity index (χ2v) is 5.45. The molecule has 1 heterocycles. The molecule has 1 saturated heterocycles. The van der Waals surface area contributed by atoms with Gasteiger partial charge in [-0.3, -0.25) is 9.59 Å². The third-order valence-corrected chi connectivity index (χ3v) is 4.12. The number of aliphatic carboxylic acids is 1. The first-order chi connectivity index (χ1) is 9.97. The van der Waals surface area contributed by atoms with Gasteiger partial charge >= 0.3 is 5.97 Å². The number of rotatable bonds is 4. The van der Waals surface area contributed by atoms with Gasteiger partial charge in [0.2, 0.25) is 5.91 Å². The van der Waals surface area contributed by atoms with Gasteiger partial charge in [-0.1, -0.05) is 19.1 Å². The number of carboxylic acid groups (broad SMARTS) is 1. The number of anilines is 1. The standard InChI is InChI=1S/C16H20N2O3/c1-2-16(15(20)21)8-9-18(11-16)14(19)7-6-12-4-3-5-13(17)10-12/h3-7,10H,2,8-9,11,17H2,1H3,(H,20,21)/b7-6+. The number of nitrogens with zero attached hydrogens (tertiary/aromatic N) is 1. The van der Waals surface area contributed by atoms with E-state index in [9.17, 15) is 14.7 Å². The zero-order chi connectivity index (χ0) is 15.5. The van der Waals surface area contributed by atoms with Crippen molar-refractivity contribution in [2.45, 2.75) is 19.8 Å². The molecule has 3 N–H and O–H groups in total. The summed E-state index contributed by atoms with van der Waals surface area (Å²) in [6.07, 6.45) is 4.22. The third-order valence-electron chi connectivity index (χ3n) is 4.12. The molecule has 0 bridgehead atoms. The molecule has 21 heavy (non-hydrogen) atoms. The molecule has 1 atom stereocenters. The normalized spacial score (nSPS) is 21.9. The number of hydrogen-bond donors (Lipinski definition) is 2. The van der Waals surface area contributed by atoms with Gasteiger partial charge in [-0.25, -0.2) is 0 Å². The average Bonchev–Trinajstić information content (AvgIpc) is 2.91. The molecule has 1 unspecified atom stereocenters. The summed E-state index contributed by atoms with van der Waals surface area (Å²) >= 11 is 0. The molecular formula is C16H20N2O3. The molecule has 0 aromatic heterocycles. The van der Waals surface area contributed by atoms with E-state index in [-0.39, 0.29) is 12.5 Å². The first kappa shape index (κ1) is 15.1. The zero-order valence-electron chi connectivity index (χ0n) is 12.1. The molecule has 2 rings (SSSR count). The van der Waals surface area contributed by atoms with E-state index >= 15 is 0 Å². The van der Waals surface area contributed by atoms with Crippen molar-refractivity contribution in [3.05, 3.63) is 35.9 Å². The molecule has 1 aromatic rings. The highest BCUT2D eigenvalue weighted by molar-refractivity contribution is 5.92. The fourth-order valence-corrected chi connectivity index (χ4v) is 2.61. The van der Waals surface area contributed by atoms with Crippen LogP contribution in [-0.4, -0.2) is 35.0 Å². The molecule has 1 fully saturated rings. The van der Waals surface area contributed by atoms with Gasteiger partial charge in [0.05, 0.1) is 5.41 Å². The van der Waals surface area contributed by atoms with Crippen molar-refractivity contribution in [2.75, 3.05) is 18.8 Å². The van der Waals surface area contributed by atoms with Crippen LogP contribution in [0.4, 0.5) is 5.69 Å². The molecule has 112 valence electrons. The van der Waals surface area contributed by atoms with Crippen LogP contribution >= 0.6 is 0 Å². The Kier molecular flexibility index (Phi) is 4.31. The molecule has 0 radical (unpaired) electrons. The summed E-state index contributed by atoms with van der Waals surface area (Å²) in [5, 5.41) is 9.33. The molecule has 1 aliphatic heterocycles. The number of nitrogens with two attached hydrogens (primary N) is 1. The highest BCUT2D eigenvalue weighted by Crippen LogP contribution is 2.34. The van der Waals surface area contributed by atoms with Crippen molar-refractivity contribution >= 4 is 23.6 Å². The molecule has 1 aromatic carbocycles. The SMILES string of the molecule is CCC1(C(=O)O)CCN(C(=O)/C=C/c2cccc(N)c2)C1. The van der Waals surface area contributed by atoms with E-state index in [1.165, 1.54) is 6.08 Å². The number of carboxylic acids is 1. The molecule has 0 aliphatic carbocycles. The second-order valence-electron chi connectivity index (χ2n) is 5.45. The molecule has 0 saturated carbocycles. The minimum atomic E-state index is -0.819. The highest BCUT2D eigenvalue weighted by Gasteiger charge is 2.44. The van der Waals surface area contributed by atoms with Crippen LogP contribution in [0.2, 0.25) is 0 Å². The second kappa shape index (κ2) is 5.99. The monoisotopic (exact) mass is 288 g/mol. The minimum Gasteiger partial charge on any atom is -0.481 e. The molecule has 5 heteroatoms. The van der Waals surface area contributed by atoms with E-state index in [2.05, 4.69) is 0 Å². The molecule has 1 amide bonds. The van der Waals surface area contributed by atoms with Crippen LogP contribution in [0.5, 0.6) is 0 Å². The smallest absolute Gasteiger partial charge is 0.311 e. The van der Waals surface area contributed by atoms with Gasteiger partial charge in [0.25, 0.3) is 0 Å². The Balaban J connectivity index is 2.04. The van der Waals surface area contributed by atoms with E-state index < -0.39 is 11.4 Å². The quantitative estimate of drug-likeness (QED) is 0.655. The fourth-order valence-electron chi connectivity index (χ4n) is 2.61. The van der Waals surface area contributed by atoms with Crippen molar-refractivity contribution in [1.29, 1.82) is 0 Å². The van der Waals surface area contributed by atoms with Crippen molar-refractivity contribution < 1.29 is 14.7 Å². The summed E-state index contributed by atoms with van der Waals surface area (Å²) in [4.78, 5) is 25.1. The highest BCUT2D eigenvalue weighted by atomic mass is 16.4. The summed E-state index contributed by atoms with van der Waals surface area (Å²) in [7, 11) is 0. The number of amides is 1. The Morgan fingerprint density at radius 3 is 2.81 bits per heavy atom. The van der Waals surface area contributed by atoms with Crippen molar-refractivity contribution in [3.8, 4) is 0 Å². The van der Waals surface area contributed by atoms with Crippen LogP contribution < -0.4 is 5.73 Å². The van der Waals surface area contributed by atoms with Crippen molar-refractivity contribution in [3.63, 3.8) is 0 Å². The maximum absolute atomic E-state index is 12.1. The lowest BCUT2D eigenvalue weighted by molar-refractivity contribution is -0.148. The lowest BCUT2D eigenvalue weighted by atomic mass is 9.84. The fraction of sp³-hybridized carbons (Fsp3) is 0.375. The number of benzene rings is 1. The lowest BCUT2D eigenvalue weighted by Gasteiger charge is -2.22. The van der Waals surface area contributed by atoms with Gasteiger partial charge in [0.15, 0.2) is 0 Å². The Hall–Kier alpha value is -2.30. The van der Waals surface area contributed by atoms with E-state index in [4.69, 9.17) is 5.73 Å². The summed E-state index contributed by atoms with van der Waals surface area (Å²) in [5.74, 6) is -0.978. The van der Waals surface area contributed by atoms with Crippen molar-refractivity contribution in [2.24, 2.45) is 5.41 Å². The van der Waals surface area contributed by atoms with Gasteiger partial charge in [0.1, 0.15) is 0 Å². The zero-order valence-corrected chi connectivity index (χ0v) is 12.1.